The minimum atomic E-state index is -1.20. The molecule has 0 bridgehead atoms. The van der Waals surface area contributed by atoms with Crippen molar-refractivity contribution in [3.63, 3.8) is 0 Å². The van der Waals surface area contributed by atoms with Gasteiger partial charge in [-0.05, 0) is 24.3 Å². The van der Waals surface area contributed by atoms with Crippen molar-refractivity contribution in [3.8, 4) is 0 Å². The highest BCUT2D eigenvalue weighted by atomic mass is 16.6. The van der Waals surface area contributed by atoms with Gasteiger partial charge in [0, 0.05) is 30.4 Å². The number of carbonyl (C=O) groups is 3. The molecule has 2 aromatic rings. The van der Waals surface area contributed by atoms with Crippen molar-refractivity contribution in [2.24, 2.45) is 0 Å². The Morgan fingerprint density at radius 1 is 1.00 bits per heavy atom. The van der Waals surface area contributed by atoms with E-state index in [-0.39, 0.29) is 18.6 Å². The zero-order valence-electron chi connectivity index (χ0n) is 11.4. The number of nitrogens with zero attached hydrogens (tertiary/aromatic N) is 2. The number of carbonyl (C=O) groups excluding carboxylic acids is 3. The van der Waals surface area contributed by atoms with Gasteiger partial charge in [0.15, 0.2) is 6.10 Å². The van der Waals surface area contributed by atoms with Crippen molar-refractivity contribution < 1.29 is 23.9 Å². The number of Topliss-reactive ketones (excluding diaryl/α,β-unsaturated/α-hetero) is 1. The summed E-state index contributed by atoms with van der Waals surface area (Å²) < 4.78 is 9.70. The summed E-state index contributed by atoms with van der Waals surface area (Å²) in [5, 5.41) is 0. The monoisotopic (exact) mass is 300 g/mol. The third kappa shape index (κ3) is 3.95. The minimum Gasteiger partial charge on any atom is -0.458 e. The first-order chi connectivity index (χ1) is 10.7. The Bertz CT molecular complexity index is 645. The number of ketones is 1. The van der Waals surface area contributed by atoms with Crippen LogP contribution in [0.5, 0.6) is 0 Å². The molecule has 112 valence electrons. The predicted octanol–water partition coefficient (Wildman–Crippen LogP) is 1.06. The minimum absolute atomic E-state index is 0.143. The van der Waals surface area contributed by atoms with E-state index in [9.17, 15) is 14.4 Å². The average Bonchev–Trinajstić information content (AvgIpc) is 2.59. The van der Waals surface area contributed by atoms with Crippen LogP contribution in [0.1, 0.15) is 20.7 Å². The van der Waals surface area contributed by atoms with Gasteiger partial charge in [-0.1, -0.05) is 0 Å². The van der Waals surface area contributed by atoms with E-state index in [4.69, 9.17) is 9.47 Å². The van der Waals surface area contributed by atoms with Gasteiger partial charge < -0.3 is 9.47 Å². The number of ether oxygens (including phenoxy) is 2. The van der Waals surface area contributed by atoms with Crippen molar-refractivity contribution in [1.82, 2.24) is 9.97 Å². The molecular formula is C15H12N2O5. The summed E-state index contributed by atoms with van der Waals surface area (Å²) in [4.78, 5) is 42.1. The van der Waals surface area contributed by atoms with E-state index in [2.05, 4.69) is 9.97 Å². The molecule has 0 aliphatic heterocycles. The van der Waals surface area contributed by atoms with Gasteiger partial charge in [0.1, 0.15) is 6.61 Å². The molecule has 0 aliphatic carbocycles. The van der Waals surface area contributed by atoms with Gasteiger partial charge >= 0.3 is 5.97 Å². The topological polar surface area (TPSA) is 95.5 Å². The average molecular weight is 300 g/mol. The van der Waals surface area contributed by atoms with E-state index in [0.29, 0.717) is 5.56 Å². The van der Waals surface area contributed by atoms with Crippen LogP contribution in [0.25, 0.3) is 0 Å². The molecule has 2 heterocycles. The number of pyridine rings is 2. The van der Waals surface area contributed by atoms with Crippen molar-refractivity contribution in [3.05, 3.63) is 60.2 Å². The van der Waals surface area contributed by atoms with Crippen LogP contribution < -0.4 is 0 Å². The first kappa shape index (κ1) is 15.3. The molecule has 22 heavy (non-hydrogen) atoms. The van der Waals surface area contributed by atoms with E-state index in [0.717, 1.165) is 0 Å². The first-order valence-corrected chi connectivity index (χ1v) is 6.33. The van der Waals surface area contributed by atoms with Crippen LogP contribution in [0.4, 0.5) is 0 Å². The number of esters is 1. The molecule has 0 spiro atoms. The lowest BCUT2D eigenvalue weighted by Crippen LogP contribution is -2.30. The fraction of sp³-hybridized carbons (Fsp3) is 0.133. The van der Waals surface area contributed by atoms with Gasteiger partial charge in [-0.15, -0.1) is 0 Å². The Morgan fingerprint density at radius 2 is 1.55 bits per heavy atom. The van der Waals surface area contributed by atoms with E-state index in [1.165, 1.54) is 49.1 Å². The highest BCUT2D eigenvalue weighted by molar-refractivity contribution is 6.00. The fourth-order valence-corrected chi connectivity index (χ4v) is 1.67. The number of hydrogen-bond acceptors (Lipinski definition) is 7. The quantitative estimate of drug-likeness (QED) is 0.428. The molecule has 0 aliphatic rings. The summed E-state index contributed by atoms with van der Waals surface area (Å²) >= 11 is 0. The van der Waals surface area contributed by atoms with Crippen molar-refractivity contribution in [2.45, 2.75) is 6.10 Å². The van der Waals surface area contributed by atoms with Gasteiger partial charge in [-0.25, -0.2) is 4.79 Å². The maximum absolute atomic E-state index is 12.2. The van der Waals surface area contributed by atoms with Crippen LogP contribution >= 0.6 is 0 Å². The Hall–Kier alpha value is -3.09. The summed E-state index contributed by atoms with van der Waals surface area (Å²) in [5.74, 6) is -1.11. The predicted molar refractivity (Wildman–Crippen MR) is 74.0 cm³/mol. The van der Waals surface area contributed by atoms with Gasteiger partial charge in [-0.3, -0.25) is 19.6 Å². The highest BCUT2D eigenvalue weighted by Gasteiger charge is 2.23. The normalized spacial score (nSPS) is 11.3. The summed E-state index contributed by atoms with van der Waals surface area (Å²) in [6, 6.07) is 5.91. The van der Waals surface area contributed by atoms with Crippen LogP contribution in [0.3, 0.4) is 0 Å². The molecule has 0 saturated heterocycles. The smallest absolute Gasteiger partial charge is 0.338 e. The summed E-state index contributed by atoms with van der Waals surface area (Å²) in [6.45, 7) is -0.231. The maximum Gasteiger partial charge on any atom is 0.338 e. The van der Waals surface area contributed by atoms with Crippen LogP contribution in [0.2, 0.25) is 0 Å². The van der Waals surface area contributed by atoms with Gasteiger partial charge in [0.2, 0.25) is 5.78 Å². The summed E-state index contributed by atoms with van der Waals surface area (Å²) in [7, 11) is 0. The molecule has 0 N–H and O–H groups in total. The van der Waals surface area contributed by atoms with E-state index in [1.807, 2.05) is 0 Å². The second-order valence-electron chi connectivity index (χ2n) is 4.16. The Balaban J connectivity index is 2.02. The Kier molecular flexibility index (Phi) is 5.31. The molecule has 0 amide bonds. The lowest BCUT2D eigenvalue weighted by molar-refractivity contribution is -0.133. The third-order valence-electron chi connectivity index (χ3n) is 2.76. The molecule has 1 atom stereocenters. The van der Waals surface area contributed by atoms with Crippen LogP contribution in [0, 0.1) is 0 Å². The zero-order valence-corrected chi connectivity index (χ0v) is 11.4. The third-order valence-corrected chi connectivity index (χ3v) is 2.76. The first-order valence-electron chi connectivity index (χ1n) is 6.33. The Morgan fingerprint density at radius 3 is 2.09 bits per heavy atom. The summed E-state index contributed by atoms with van der Waals surface area (Å²) in [6.07, 6.45) is 4.56. The largest absolute Gasteiger partial charge is 0.458 e. The lowest BCUT2D eigenvalue weighted by Gasteiger charge is -2.14. The maximum atomic E-state index is 12.2. The second kappa shape index (κ2) is 7.63. The fourth-order valence-electron chi connectivity index (χ4n) is 1.67. The molecule has 7 nitrogen and oxygen atoms in total. The van der Waals surface area contributed by atoms with Crippen molar-refractivity contribution >= 4 is 18.2 Å². The number of hydrogen-bond donors (Lipinski definition) is 0. The zero-order chi connectivity index (χ0) is 15.8. The van der Waals surface area contributed by atoms with Crippen molar-refractivity contribution in [1.29, 1.82) is 0 Å². The molecule has 0 radical (unpaired) electrons. The van der Waals surface area contributed by atoms with Gasteiger partial charge in [0.25, 0.3) is 6.47 Å². The Labute approximate surface area is 125 Å². The van der Waals surface area contributed by atoms with Crippen molar-refractivity contribution in [2.75, 3.05) is 6.61 Å². The van der Waals surface area contributed by atoms with E-state index < -0.39 is 17.9 Å². The van der Waals surface area contributed by atoms with Gasteiger partial charge in [-0.2, -0.15) is 0 Å². The molecule has 1 unspecified atom stereocenters. The molecule has 2 rings (SSSR count). The molecule has 0 saturated carbocycles. The molecular weight excluding hydrogens is 288 g/mol. The van der Waals surface area contributed by atoms with E-state index >= 15 is 0 Å². The summed E-state index contributed by atoms with van der Waals surface area (Å²) in [5.41, 5.74) is 0.595. The second-order valence-corrected chi connectivity index (χ2v) is 4.16. The molecule has 2 aromatic heterocycles. The molecule has 7 heteroatoms. The van der Waals surface area contributed by atoms with Gasteiger partial charge in [0.05, 0.1) is 5.56 Å². The molecule has 0 fully saturated rings. The molecule has 0 aromatic carbocycles. The van der Waals surface area contributed by atoms with Crippen LogP contribution in [0.15, 0.2) is 49.1 Å². The van der Waals surface area contributed by atoms with E-state index in [1.54, 1.807) is 0 Å². The van der Waals surface area contributed by atoms with Crippen LogP contribution in [-0.2, 0) is 14.3 Å². The number of aromatic nitrogens is 2. The highest BCUT2D eigenvalue weighted by Crippen LogP contribution is 2.07. The lowest BCUT2D eigenvalue weighted by atomic mass is 10.1. The standard InChI is InChI=1S/C15H12N2O5/c18-10-22-13(14(19)11-1-5-16-6-2-11)9-21-15(20)12-3-7-17-8-4-12/h1-8,10,13H,9H2. The number of rotatable bonds is 7. The van der Waals surface area contributed by atoms with Crippen LogP contribution in [-0.4, -0.2) is 40.9 Å². The SMILES string of the molecule is O=COC(COC(=O)c1ccncc1)C(=O)c1ccncc1.